The first kappa shape index (κ1) is 17.9. The summed E-state index contributed by atoms with van der Waals surface area (Å²) >= 11 is 0. The van der Waals surface area contributed by atoms with Crippen LogP contribution in [0.4, 0.5) is 0 Å². The molecule has 0 fully saturated rings. The molecule has 9 nitrogen and oxygen atoms in total. The maximum Gasteiger partial charge on any atom is 0.304 e. The molecule has 124 valence electrons. The monoisotopic (exact) mass is 314 g/mol. The topological polar surface area (TPSA) is 143 Å². The zero-order chi connectivity index (χ0) is 16.5. The van der Waals surface area contributed by atoms with Crippen molar-refractivity contribution in [3.05, 3.63) is 11.8 Å². The number of hydrazine groups is 2. The van der Waals surface area contributed by atoms with Crippen LogP contribution in [-0.2, 0) is 19.1 Å². The Labute approximate surface area is 128 Å². The van der Waals surface area contributed by atoms with Gasteiger partial charge in [0.15, 0.2) is 5.76 Å². The third kappa shape index (κ3) is 6.10. The normalized spacial score (nSPS) is 20.4. The predicted molar refractivity (Wildman–Crippen MR) is 76.3 cm³/mol. The Morgan fingerprint density at radius 1 is 1.27 bits per heavy atom. The number of carbonyl (C=O) groups is 3. The second kappa shape index (κ2) is 9.00. The van der Waals surface area contributed by atoms with Gasteiger partial charge in [-0.2, -0.15) is 0 Å². The van der Waals surface area contributed by atoms with Gasteiger partial charge in [-0.05, 0) is 32.3 Å². The van der Waals surface area contributed by atoms with Crippen LogP contribution in [0.1, 0.15) is 39.0 Å². The smallest absolute Gasteiger partial charge is 0.304 e. The minimum absolute atomic E-state index is 0.0673. The molecule has 0 saturated carbocycles. The average molecular weight is 314 g/mol. The number of ether oxygens (including phenoxy) is 1. The van der Waals surface area contributed by atoms with Crippen molar-refractivity contribution in [1.82, 2.24) is 16.3 Å². The number of nitrogens with two attached hydrogens (primary N) is 1. The quantitative estimate of drug-likeness (QED) is 0.179. The lowest BCUT2D eigenvalue weighted by Gasteiger charge is -2.25. The number of nitrogens with one attached hydrogen (secondary N) is 3. The molecule has 22 heavy (non-hydrogen) atoms. The number of hydrogen-bond acceptors (Lipinski definition) is 6. The minimum Gasteiger partial charge on any atom is -0.483 e. The van der Waals surface area contributed by atoms with E-state index in [9.17, 15) is 19.5 Å². The third-order valence-corrected chi connectivity index (χ3v) is 3.16. The van der Waals surface area contributed by atoms with Gasteiger partial charge in [-0.25, -0.2) is 5.84 Å². The third-order valence-electron chi connectivity index (χ3n) is 3.16. The summed E-state index contributed by atoms with van der Waals surface area (Å²) < 4.78 is 5.22. The van der Waals surface area contributed by atoms with Crippen LogP contribution < -0.4 is 22.1 Å². The molecule has 0 aromatic carbocycles. The summed E-state index contributed by atoms with van der Waals surface area (Å²) in [6.07, 6.45) is 2.11. The molecule has 1 aliphatic heterocycles. The van der Waals surface area contributed by atoms with Crippen molar-refractivity contribution in [2.45, 2.75) is 51.2 Å². The lowest BCUT2D eigenvalue weighted by Crippen LogP contribution is -2.44. The maximum atomic E-state index is 11.7. The number of unbranched alkanes of at least 4 members (excludes halogenated alkanes) is 1. The van der Waals surface area contributed by atoms with Gasteiger partial charge < -0.3 is 9.84 Å². The number of aliphatic hydroxyl groups is 1. The number of rotatable bonds is 6. The first-order valence-corrected chi connectivity index (χ1v) is 7.07. The molecule has 0 spiro atoms. The summed E-state index contributed by atoms with van der Waals surface area (Å²) in [5, 5.41) is 9.47. The highest BCUT2D eigenvalue weighted by Gasteiger charge is 2.24. The fraction of sp³-hybridized carbons (Fsp3) is 0.615. The van der Waals surface area contributed by atoms with Crippen molar-refractivity contribution in [3.8, 4) is 0 Å². The predicted octanol–water partition coefficient (Wildman–Crippen LogP) is -1.26. The van der Waals surface area contributed by atoms with Crippen LogP contribution in [-0.4, -0.2) is 35.0 Å². The second-order valence-corrected chi connectivity index (χ2v) is 4.97. The molecule has 2 atom stereocenters. The van der Waals surface area contributed by atoms with E-state index in [1.807, 2.05) is 5.43 Å². The molecule has 0 aromatic rings. The molecule has 3 amide bonds. The largest absolute Gasteiger partial charge is 0.483 e. The number of amides is 3. The molecule has 6 N–H and O–H groups in total. The van der Waals surface area contributed by atoms with Crippen LogP contribution in [0.15, 0.2) is 11.8 Å². The molecular formula is C13H22N4O5. The van der Waals surface area contributed by atoms with Gasteiger partial charge in [-0.3, -0.25) is 30.7 Å². The lowest BCUT2D eigenvalue weighted by molar-refractivity contribution is -0.130. The van der Waals surface area contributed by atoms with E-state index in [-0.39, 0.29) is 30.4 Å². The standard InChI is InChI=1S/C13H22N4O5/c1-8-9(18)6-7-10(22-8)13(21)17-16-12(20)5-3-2-4-11(19)15-14/h7-9,18H,2-6,14H2,1H3,(H,15,19)(H,16,20)(H,17,21)/t8-,9?/m1/s1. The molecular weight excluding hydrogens is 292 g/mol. The molecule has 0 aliphatic carbocycles. The molecule has 0 radical (unpaired) electrons. The molecule has 0 bridgehead atoms. The Morgan fingerprint density at radius 2 is 1.91 bits per heavy atom. The lowest BCUT2D eigenvalue weighted by atomic mass is 10.1. The van der Waals surface area contributed by atoms with Crippen LogP contribution in [0, 0.1) is 0 Å². The van der Waals surface area contributed by atoms with E-state index in [1.165, 1.54) is 6.08 Å². The molecule has 9 heteroatoms. The molecule has 1 heterocycles. The van der Waals surface area contributed by atoms with Crippen molar-refractivity contribution in [2.75, 3.05) is 0 Å². The van der Waals surface area contributed by atoms with E-state index < -0.39 is 18.1 Å². The number of hydrogen-bond donors (Lipinski definition) is 5. The van der Waals surface area contributed by atoms with Crippen LogP contribution in [0.3, 0.4) is 0 Å². The first-order valence-electron chi connectivity index (χ1n) is 7.07. The van der Waals surface area contributed by atoms with Crippen molar-refractivity contribution < 1.29 is 24.2 Å². The second-order valence-electron chi connectivity index (χ2n) is 4.97. The Balaban J connectivity index is 2.21. The average Bonchev–Trinajstić information content (AvgIpc) is 2.51. The van der Waals surface area contributed by atoms with Crippen LogP contribution in [0.5, 0.6) is 0 Å². The van der Waals surface area contributed by atoms with Gasteiger partial charge in [0.1, 0.15) is 6.10 Å². The van der Waals surface area contributed by atoms with Crippen molar-refractivity contribution in [3.63, 3.8) is 0 Å². The van der Waals surface area contributed by atoms with E-state index in [4.69, 9.17) is 10.6 Å². The summed E-state index contributed by atoms with van der Waals surface area (Å²) in [6.45, 7) is 1.65. The summed E-state index contributed by atoms with van der Waals surface area (Å²) in [5.41, 5.74) is 6.50. The Kier molecular flexibility index (Phi) is 7.33. The van der Waals surface area contributed by atoms with Crippen molar-refractivity contribution in [1.29, 1.82) is 0 Å². The molecule has 0 aromatic heterocycles. The van der Waals surface area contributed by atoms with Crippen molar-refractivity contribution in [2.24, 2.45) is 5.84 Å². The zero-order valence-corrected chi connectivity index (χ0v) is 12.4. The molecule has 1 aliphatic rings. The summed E-state index contributed by atoms with van der Waals surface area (Å²) in [6, 6.07) is 0. The van der Waals surface area contributed by atoms with Crippen LogP contribution in [0.2, 0.25) is 0 Å². The van der Waals surface area contributed by atoms with Crippen molar-refractivity contribution >= 4 is 17.7 Å². The minimum atomic E-state index is -0.642. The zero-order valence-electron chi connectivity index (χ0n) is 12.4. The fourth-order valence-electron chi connectivity index (χ4n) is 1.79. The highest BCUT2D eigenvalue weighted by Crippen LogP contribution is 2.16. The van der Waals surface area contributed by atoms with E-state index in [0.29, 0.717) is 19.3 Å². The molecule has 1 unspecified atom stereocenters. The van der Waals surface area contributed by atoms with Crippen LogP contribution >= 0.6 is 0 Å². The first-order chi connectivity index (χ1) is 10.4. The van der Waals surface area contributed by atoms with E-state index in [2.05, 4.69) is 10.9 Å². The van der Waals surface area contributed by atoms with Gasteiger partial charge in [0.2, 0.25) is 11.8 Å². The van der Waals surface area contributed by atoms with Gasteiger partial charge in [-0.1, -0.05) is 0 Å². The van der Waals surface area contributed by atoms with E-state index in [1.54, 1.807) is 6.92 Å². The van der Waals surface area contributed by atoms with E-state index >= 15 is 0 Å². The SMILES string of the molecule is C[C@H]1OC(C(=O)NNC(=O)CCCCC(=O)NN)=CCC1O. The van der Waals surface area contributed by atoms with Crippen LogP contribution in [0.25, 0.3) is 0 Å². The Bertz CT molecular complexity index is 452. The number of aliphatic hydroxyl groups excluding tert-OH is 1. The summed E-state index contributed by atoms with van der Waals surface area (Å²) in [7, 11) is 0. The van der Waals surface area contributed by atoms with Gasteiger partial charge >= 0.3 is 5.91 Å². The summed E-state index contributed by atoms with van der Waals surface area (Å²) in [5.74, 6) is 3.76. The molecule has 1 rings (SSSR count). The van der Waals surface area contributed by atoms with Gasteiger partial charge in [0.25, 0.3) is 0 Å². The fourth-order valence-corrected chi connectivity index (χ4v) is 1.79. The highest BCUT2D eigenvalue weighted by atomic mass is 16.5. The summed E-state index contributed by atoms with van der Waals surface area (Å²) in [4.78, 5) is 34.1. The molecule has 0 saturated heterocycles. The highest BCUT2D eigenvalue weighted by molar-refractivity contribution is 5.93. The maximum absolute atomic E-state index is 11.7. The van der Waals surface area contributed by atoms with E-state index in [0.717, 1.165) is 0 Å². The Hall–Kier alpha value is -2.13. The Morgan fingerprint density at radius 3 is 2.50 bits per heavy atom. The number of carbonyl (C=O) groups excluding carboxylic acids is 3. The van der Waals surface area contributed by atoms with Gasteiger partial charge in [0, 0.05) is 12.8 Å². The van der Waals surface area contributed by atoms with Gasteiger partial charge in [-0.15, -0.1) is 0 Å². The van der Waals surface area contributed by atoms with Gasteiger partial charge in [0.05, 0.1) is 6.10 Å².